The van der Waals surface area contributed by atoms with Crippen molar-refractivity contribution in [2.45, 2.75) is 39.3 Å². The first kappa shape index (κ1) is 21.0. The first-order valence-corrected chi connectivity index (χ1v) is 10.7. The summed E-state index contributed by atoms with van der Waals surface area (Å²) in [4.78, 5) is 32.8. The topological polar surface area (TPSA) is 71.5 Å². The number of pyridine rings is 1. The van der Waals surface area contributed by atoms with Crippen LogP contribution in [0.1, 0.15) is 41.0 Å². The number of hydrogen-bond acceptors (Lipinski definition) is 5. The number of ether oxygens (including phenoxy) is 1. The summed E-state index contributed by atoms with van der Waals surface area (Å²) < 4.78 is 5.63. The SMILES string of the molecule is CCc1ccc(NC(=O)C(C)OC(=O)c2c3c(nc4ccccc24)CCN(C)C3)cc1. The van der Waals surface area contributed by atoms with Crippen molar-refractivity contribution in [1.29, 1.82) is 0 Å². The summed E-state index contributed by atoms with van der Waals surface area (Å²) in [5.41, 5.74) is 4.97. The third-order valence-electron chi connectivity index (χ3n) is 5.72. The number of carbonyl (C=O) groups excluding carboxylic acids is 2. The van der Waals surface area contributed by atoms with E-state index in [1.165, 1.54) is 5.56 Å². The Morgan fingerprint density at radius 3 is 2.65 bits per heavy atom. The molecule has 4 rings (SSSR count). The first-order chi connectivity index (χ1) is 15.0. The molecule has 0 radical (unpaired) electrons. The molecule has 0 bridgehead atoms. The number of carbonyl (C=O) groups is 2. The monoisotopic (exact) mass is 417 g/mol. The first-order valence-electron chi connectivity index (χ1n) is 10.7. The van der Waals surface area contributed by atoms with Gasteiger partial charge in [-0.05, 0) is 44.2 Å². The third-order valence-corrected chi connectivity index (χ3v) is 5.72. The highest BCUT2D eigenvalue weighted by molar-refractivity contribution is 6.06. The average Bonchev–Trinajstić information content (AvgIpc) is 2.77. The summed E-state index contributed by atoms with van der Waals surface area (Å²) in [7, 11) is 2.02. The number of likely N-dealkylation sites (N-methyl/N-ethyl adjacent to an activating group) is 1. The molecule has 0 saturated heterocycles. The lowest BCUT2D eigenvalue weighted by atomic mass is 9.96. The molecule has 1 amide bonds. The molecular formula is C25H27N3O3. The quantitative estimate of drug-likeness (QED) is 0.636. The van der Waals surface area contributed by atoms with Gasteiger partial charge in [-0.25, -0.2) is 4.79 Å². The minimum atomic E-state index is -0.928. The molecule has 31 heavy (non-hydrogen) atoms. The molecule has 0 fully saturated rings. The van der Waals surface area contributed by atoms with Crippen LogP contribution in [0.3, 0.4) is 0 Å². The number of fused-ring (bicyclic) bond motifs is 2. The number of benzene rings is 2. The zero-order valence-corrected chi connectivity index (χ0v) is 18.1. The Balaban J connectivity index is 1.57. The second-order valence-electron chi connectivity index (χ2n) is 8.00. The van der Waals surface area contributed by atoms with E-state index in [0.717, 1.165) is 41.5 Å². The van der Waals surface area contributed by atoms with Gasteiger partial charge in [-0.1, -0.05) is 37.3 Å². The van der Waals surface area contributed by atoms with Crippen molar-refractivity contribution in [1.82, 2.24) is 9.88 Å². The number of nitrogens with one attached hydrogen (secondary N) is 1. The molecule has 1 aliphatic rings. The number of aryl methyl sites for hydroxylation is 1. The Labute approximate surface area is 182 Å². The van der Waals surface area contributed by atoms with Crippen molar-refractivity contribution >= 4 is 28.5 Å². The van der Waals surface area contributed by atoms with Crippen LogP contribution in [0, 0.1) is 0 Å². The fraction of sp³-hybridized carbons (Fsp3) is 0.320. The van der Waals surface area contributed by atoms with Crippen molar-refractivity contribution in [3.8, 4) is 0 Å². The molecule has 1 aliphatic heterocycles. The van der Waals surface area contributed by atoms with Gasteiger partial charge in [0, 0.05) is 41.8 Å². The summed E-state index contributed by atoms with van der Waals surface area (Å²) in [5, 5.41) is 3.57. The van der Waals surface area contributed by atoms with Crippen LogP contribution in [0.5, 0.6) is 0 Å². The van der Waals surface area contributed by atoms with E-state index in [1.54, 1.807) is 6.92 Å². The van der Waals surface area contributed by atoms with Gasteiger partial charge in [0.1, 0.15) is 0 Å². The lowest BCUT2D eigenvalue weighted by Gasteiger charge is -2.27. The number of amides is 1. The molecule has 0 saturated carbocycles. The molecule has 1 unspecified atom stereocenters. The van der Waals surface area contributed by atoms with Crippen LogP contribution in [-0.4, -0.2) is 41.5 Å². The summed E-state index contributed by atoms with van der Waals surface area (Å²) in [6.07, 6.45) is 0.782. The lowest BCUT2D eigenvalue weighted by Crippen LogP contribution is -2.32. The van der Waals surface area contributed by atoms with Gasteiger partial charge in [-0.2, -0.15) is 0 Å². The molecule has 0 spiro atoms. The number of hydrogen-bond donors (Lipinski definition) is 1. The predicted octanol–water partition coefficient (Wildman–Crippen LogP) is 3.97. The molecule has 6 heteroatoms. The second kappa shape index (κ2) is 8.86. The van der Waals surface area contributed by atoms with Crippen LogP contribution in [0.25, 0.3) is 10.9 Å². The van der Waals surface area contributed by atoms with Gasteiger partial charge < -0.3 is 15.0 Å². The summed E-state index contributed by atoms with van der Waals surface area (Å²) >= 11 is 0. The van der Waals surface area contributed by atoms with Crippen molar-refractivity contribution < 1.29 is 14.3 Å². The normalized spacial score (nSPS) is 14.7. The van der Waals surface area contributed by atoms with Gasteiger partial charge in [0.05, 0.1) is 11.1 Å². The highest BCUT2D eigenvalue weighted by atomic mass is 16.5. The van der Waals surface area contributed by atoms with E-state index in [-0.39, 0.29) is 5.91 Å². The lowest BCUT2D eigenvalue weighted by molar-refractivity contribution is -0.123. The van der Waals surface area contributed by atoms with Gasteiger partial charge in [0.15, 0.2) is 6.10 Å². The molecular weight excluding hydrogens is 390 g/mol. The van der Waals surface area contributed by atoms with Crippen LogP contribution in [0.4, 0.5) is 5.69 Å². The molecule has 2 aromatic carbocycles. The van der Waals surface area contributed by atoms with Crippen LogP contribution < -0.4 is 5.32 Å². The van der Waals surface area contributed by atoms with Gasteiger partial charge in [-0.15, -0.1) is 0 Å². The number of nitrogens with zero attached hydrogens (tertiary/aromatic N) is 2. The third kappa shape index (κ3) is 4.44. The largest absolute Gasteiger partial charge is 0.449 e. The zero-order valence-electron chi connectivity index (χ0n) is 18.1. The second-order valence-corrected chi connectivity index (χ2v) is 8.00. The van der Waals surface area contributed by atoms with Crippen LogP contribution >= 0.6 is 0 Å². The van der Waals surface area contributed by atoms with Gasteiger partial charge in [0.2, 0.25) is 0 Å². The fourth-order valence-corrected chi connectivity index (χ4v) is 3.90. The number of rotatable bonds is 5. The van der Waals surface area contributed by atoms with Gasteiger partial charge in [0.25, 0.3) is 5.91 Å². The smallest absolute Gasteiger partial charge is 0.339 e. The van der Waals surface area contributed by atoms with Crippen LogP contribution in [0.15, 0.2) is 48.5 Å². The van der Waals surface area contributed by atoms with E-state index in [4.69, 9.17) is 9.72 Å². The van der Waals surface area contributed by atoms with Crippen molar-refractivity contribution in [2.24, 2.45) is 0 Å². The van der Waals surface area contributed by atoms with Gasteiger partial charge >= 0.3 is 5.97 Å². The molecule has 1 N–H and O–H groups in total. The maximum Gasteiger partial charge on any atom is 0.339 e. The Morgan fingerprint density at radius 1 is 1.16 bits per heavy atom. The Kier molecular flexibility index (Phi) is 6.00. The standard InChI is InChI=1S/C25H27N3O3/c1-4-17-9-11-18(12-10-17)26-24(29)16(2)31-25(30)23-19-7-5-6-8-21(19)27-22-13-14-28(3)15-20(22)23/h5-12,16H,4,13-15H2,1-3H3,(H,26,29). The Bertz CT molecular complexity index is 1120. The molecule has 3 aromatic rings. The van der Waals surface area contributed by atoms with E-state index >= 15 is 0 Å². The molecule has 2 heterocycles. The van der Waals surface area contributed by atoms with E-state index in [1.807, 2.05) is 55.6 Å². The minimum absolute atomic E-state index is 0.359. The van der Waals surface area contributed by atoms with Crippen molar-refractivity contribution in [3.05, 3.63) is 70.9 Å². The Hall–Kier alpha value is -3.25. The number of para-hydroxylation sites is 1. The van der Waals surface area contributed by atoms with E-state index in [9.17, 15) is 9.59 Å². The summed E-state index contributed by atoms with van der Waals surface area (Å²) in [5.74, 6) is -0.851. The van der Waals surface area contributed by atoms with Crippen molar-refractivity contribution in [2.75, 3.05) is 18.9 Å². The highest BCUT2D eigenvalue weighted by Gasteiger charge is 2.27. The summed E-state index contributed by atoms with van der Waals surface area (Å²) in [6, 6.07) is 15.2. The van der Waals surface area contributed by atoms with E-state index in [0.29, 0.717) is 17.8 Å². The number of esters is 1. The number of aromatic nitrogens is 1. The predicted molar refractivity (Wildman–Crippen MR) is 121 cm³/mol. The highest BCUT2D eigenvalue weighted by Crippen LogP contribution is 2.28. The maximum atomic E-state index is 13.2. The molecule has 0 aliphatic carbocycles. The van der Waals surface area contributed by atoms with Crippen LogP contribution in [-0.2, 0) is 28.9 Å². The molecule has 1 aromatic heterocycles. The number of anilines is 1. The minimum Gasteiger partial charge on any atom is -0.449 e. The fourth-order valence-electron chi connectivity index (χ4n) is 3.90. The average molecular weight is 418 g/mol. The molecule has 160 valence electrons. The van der Waals surface area contributed by atoms with E-state index < -0.39 is 12.1 Å². The Morgan fingerprint density at radius 2 is 1.90 bits per heavy atom. The van der Waals surface area contributed by atoms with Gasteiger partial charge in [-0.3, -0.25) is 9.78 Å². The van der Waals surface area contributed by atoms with Crippen molar-refractivity contribution in [3.63, 3.8) is 0 Å². The molecule has 6 nitrogen and oxygen atoms in total. The van der Waals surface area contributed by atoms with Crippen LogP contribution in [0.2, 0.25) is 0 Å². The van der Waals surface area contributed by atoms with E-state index in [2.05, 4.69) is 17.1 Å². The zero-order chi connectivity index (χ0) is 22.0. The maximum absolute atomic E-state index is 13.2. The summed E-state index contributed by atoms with van der Waals surface area (Å²) in [6.45, 7) is 5.19. The molecule has 1 atom stereocenters.